The number of nitrogens with one attached hydrogen (secondary N) is 1. The average molecular weight is 486 g/mol. The molecule has 0 radical (unpaired) electrons. The zero-order valence-corrected chi connectivity index (χ0v) is 20.6. The molecule has 0 saturated heterocycles. The third kappa shape index (κ3) is 4.24. The predicted octanol–water partition coefficient (Wildman–Crippen LogP) is 6.14. The number of fused-ring (bicyclic) bond motifs is 3. The highest BCUT2D eigenvalue weighted by Crippen LogP contribution is 2.48. The van der Waals surface area contributed by atoms with Gasteiger partial charge in [-0.3, -0.25) is 0 Å². The van der Waals surface area contributed by atoms with Crippen molar-refractivity contribution in [1.29, 1.82) is 0 Å². The minimum absolute atomic E-state index is 0.00832. The van der Waals surface area contributed by atoms with Gasteiger partial charge in [0.05, 0.1) is 42.7 Å². The maximum Gasteiger partial charge on any atom is 0.341 e. The molecule has 0 bridgehead atoms. The molecule has 0 aromatic heterocycles. The number of carbonyl (C=O) groups excluding carboxylic acids is 3. The van der Waals surface area contributed by atoms with Crippen LogP contribution in [0.2, 0.25) is 0 Å². The van der Waals surface area contributed by atoms with Gasteiger partial charge in [-0.2, -0.15) is 0 Å². The molecular formula is C29H27NO6. The number of hydrogen-bond acceptors (Lipinski definition) is 7. The number of esters is 3. The van der Waals surface area contributed by atoms with Gasteiger partial charge in [0, 0.05) is 11.1 Å². The highest BCUT2D eigenvalue weighted by Gasteiger charge is 2.34. The van der Waals surface area contributed by atoms with Crippen LogP contribution in [0, 0.1) is 6.92 Å². The fourth-order valence-electron chi connectivity index (χ4n) is 4.55. The second-order valence-electron chi connectivity index (χ2n) is 8.04. The summed E-state index contributed by atoms with van der Waals surface area (Å²) in [6.07, 6.45) is 0. The summed E-state index contributed by atoms with van der Waals surface area (Å²) in [5.74, 6) is -1.91. The van der Waals surface area contributed by atoms with Crippen LogP contribution in [0.15, 0.2) is 60.7 Å². The molecule has 0 spiro atoms. The topological polar surface area (TPSA) is 90.9 Å². The second kappa shape index (κ2) is 10.5. The first kappa shape index (κ1) is 24.7. The Kier molecular flexibility index (Phi) is 7.20. The standard InChI is InChI=1S/C29H27NO6/c1-5-35-28(32)22-17(3)21-19-15-11-8-12-16-20(19)23(27(31)34-4)24(21)26(25(22)29(33)36-6-2)30-18-13-9-7-10-14-18/h7-16,30H,5-6H2,1-4H3. The number of carbonyl (C=O) groups is 3. The molecule has 0 fully saturated rings. The van der Waals surface area contributed by atoms with Crippen molar-refractivity contribution >= 4 is 40.1 Å². The number of benzene rings is 2. The molecule has 2 aliphatic rings. The normalized spacial score (nSPS) is 10.8. The van der Waals surface area contributed by atoms with Gasteiger partial charge in [-0.05, 0) is 55.0 Å². The molecule has 4 rings (SSSR count). The first-order valence-corrected chi connectivity index (χ1v) is 11.7. The fraction of sp³-hybridized carbons (Fsp3) is 0.207. The predicted molar refractivity (Wildman–Crippen MR) is 138 cm³/mol. The van der Waals surface area contributed by atoms with Gasteiger partial charge < -0.3 is 19.5 Å². The lowest BCUT2D eigenvalue weighted by atomic mass is 9.92. The Hall–Kier alpha value is -4.39. The van der Waals surface area contributed by atoms with Crippen molar-refractivity contribution in [2.45, 2.75) is 20.8 Å². The third-order valence-corrected chi connectivity index (χ3v) is 5.97. The van der Waals surface area contributed by atoms with E-state index < -0.39 is 17.9 Å². The zero-order chi connectivity index (χ0) is 25.8. The van der Waals surface area contributed by atoms with Crippen molar-refractivity contribution < 1.29 is 28.6 Å². The van der Waals surface area contributed by atoms with Crippen molar-refractivity contribution in [2.75, 3.05) is 25.6 Å². The molecule has 0 atom stereocenters. The van der Waals surface area contributed by atoms with E-state index in [1.54, 1.807) is 20.8 Å². The Morgan fingerprint density at radius 2 is 1.25 bits per heavy atom. The molecule has 184 valence electrons. The highest BCUT2D eigenvalue weighted by molar-refractivity contribution is 6.27. The summed E-state index contributed by atoms with van der Waals surface area (Å²) in [4.78, 5) is 39.9. The minimum Gasteiger partial charge on any atom is -0.465 e. The van der Waals surface area contributed by atoms with Crippen molar-refractivity contribution in [3.8, 4) is 11.1 Å². The molecule has 2 aromatic rings. The number of aryl methyl sites for hydroxylation is 1. The number of anilines is 2. The molecule has 0 heterocycles. The summed E-state index contributed by atoms with van der Waals surface area (Å²) >= 11 is 0. The quantitative estimate of drug-likeness (QED) is 0.248. The van der Waals surface area contributed by atoms with E-state index in [0.717, 1.165) is 5.56 Å². The fourth-order valence-corrected chi connectivity index (χ4v) is 4.55. The monoisotopic (exact) mass is 485 g/mol. The van der Waals surface area contributed by atoms with E-state index in [2.05, 4.69) is 5.32 Å². The molecule has 36 heavy (non-hydrogen) atoms. The van der Waals surface area contributed by atoms with Gasteiger partial charge in [0.15, 0.2) is 0 Å². The van der Waals surface area contributed by atoms with Gasteiger partial charge >= 0.3 is 17.9 Å². The number of rotatable bonds is 7. The van der Waals surface area contributed by atoms with Gasteiger partial charge in [0.1, 0.15) is 0 Å². The van der Waals surface area contributed by atoms with Crippen LogP contribution < -0.4 is 5.32 Å². The summed E-state index contributed by atoms with van der Waals surface area (Å²) in [6.45, 7) is 5.37. The lowest BCUT2D eigenvalue weighted by molar-refractivity contribution is 0.0479. The first-order valence-electron chi connectivity index (χ1n) is 11.7. The van der Waals surface area contributed by atoms with Crippen molar-refractivity contribution in [3.63, 3.8) is 0 Å². The molecule has 0 amide bonds. The van der Waals surface area contributed by atoms with Gasteiger partial charge in [-0.15, -0.1) is 0 Å². The smallest absolute Gasteiger partial charge is 0.341 e. The van der Waals surface area contributed by atoms with Crippen LogP contribution >= 0.6 is 0 Å². The van der Waals surface area contributed by atoms with Gasteiger partial charge in [-0.1, -0.05) is 48.5 Å². The lowest BCUT2D eigenvalue weighted by Crippen LogP contribution is -2.18. The molecule has 1 N–H and O–H groups in total. The Morgan fingerprint density at radius 1 is 0.694 bits per heavy atom. The van der Waals surface area contributed by atoms with E-state index in [0.29, 0.717) is 33.2 Å². The van der Waals surface area contributed by atoms with Crippen LogP contribution in [-0.2, 0) is 14.2 Å². The average Bonchev–Trinajstić information content (AvgIpc) is 3.01. The van der Waals surface area contributed by atoms with Gasteiger partial charge in [0.2, 0.25) is 0 Å². The Morgan fingerprint density at radius 3 is 1.83 bits per heavy atom. The van der Waals surface area contributed by atoms with Crippen LogP contribution in [0.1, 0.15) is 50.5 Å². The summed E-state index contributed by atoms with van der Waals surface area (Å²) in [7, 11) is 1.31. The maximum absolute atomic E-state index is 13.4. The molecule has 7 nitrogen and oxygen atoms in total. The Balaban J connectivity index is 2.27. The molecular weight excluding hydrogens is 458 g/mol. The van der Waals surface area contributed by atoms with Crippen LogP contribution in [0.25, 0.3) is 21.9 Å². The van der Waals surface area contributed by atoms with Crippen molar-refractivity contribution in [3.05, 3.63) is 82.9 Å². The molecule has 0 saturated carbocycles. The van der Waals surface area contributed by atoms with Crippen molar-refractivity contribution in [2.24, 2.45) is 0 Å². The van der Waals surface area contributed by atoms with Gasteiger partial charge in [0.25, 0.3) is 0 Å². The van der Waals surface area contributed by atoms with E-state index in [1.807, 2.05) is 60.7 Å². The van der Waals surface area contributed by atoms with E-state index in [1.165, 1.54) is 7.11 Å². The van der Waals surface area contributed by atoms with Crippen molar-refractivity contribution in [1.82, 2.24) is 0 Å². The number of para-hydroxylation sites is 1. The van der Waals surface area contributed by atoms with Crippen LogP contribution in [0.5, 0.6) is 0 Å². The number of hydrogen-bond donors (Lipinski definition) is 1. The van der Waals surface area contributed by atoms with E-state index in [4.69, 9.17) is 14.2 Å². The van der Waals surface area contributed by atoms with E-state index in [9.17, 15) is 14.4 Å². The van der Waals surface area contributed by atoms with E-state index in [-0.39, 0.29) is 30.0 Å². The number of ether oxygens (including phenoxy) is 3. The molecule has 2 aromatic carbocycles. The van der Waals surface area contributed by atoms with E-state index >= 15 is 0 Å². The highest BCUT2D eigenvalue weighted by atomic mass is 16.5. The third-order valence-electron chi connectivity index (χ3n) is 5.97. The summed E-state index contributed by atoms with van der Waals surface area (Å²) in [5.41, 5.74) is 3.22. The zero-order valence-electron chi connectivity index (χ0n) is 20.6. The molecule has 2 aliphatic carbocycles. The van der Waals surface area contributed by atoms with Crippen LogP contribution in [-0.4, -0.2) is 38.2 Å². The SMILES string of the molecule is CCOC(=O)c1c(C(=O)OCC)c(Nc2ccccc2)c2c(C(=O)OC)c3cccccc-3c2c1C. The lowest BCUT2D eigenvalue weighted by Gasteiger charge is -2.20. The summed E-state index contributed by atoms with van der Waals surface area (Å²) in [5, 5.41) is 4.41. The first-order chi connectivity index (χ1) is 17.4. The maximum atomic E-state index is 13.4. The molecule has 0 unspecified atom stereocenters. The Bertz CT molecular complexity index is 1430. The van der Waals surface area contributed by atoms with Crippen LogP contribution in [0.4, 0.5) is 11.4 Å². The molecule has 0 aliphatic heterocycles. The number of methoxy groups -OCH3 is 1. The second-order valence-corrected chi connectivity index (χ2v) is 8.04. The Labute approximate surface area is 209 Å². The van der Waals surface area contributed by atoms with Gasteiger partial charge in [-0.25, -0.2) is 14.4 Å². The van der Waals surface area contributed by atoms with Crippen LogP contribution in [0.3, 0.4) is 0 Å². The summed E-state index contributed by atoms with van der Waals surface area (Å²) in [6, 6.07) is 18.4. The molecule has 7 heteroatoms. The summed E-state index contributed by atoms with van der Waals surface area (Å²) < 4.78 is 15.9. The largest absolute Gasteiger partial charge is 0.465 e. The minimum atomic E-state index is -0.699.